The molecule has 0 spiro atoms. The average molecular weight is 522 g/mol. The Kier molecular flexibility index (Phi) is 9.64. The highest BCUT2D eigenvalue weighted by atomic mass is 32.2. The molecule has 13 nitrogen and oxygen atoms in total. The molecule has 3 amide bonds. The Morgan fingerprint density at radius 3 is 2.25 bits per heavy atom. The van der Waals surface area contributed by atoms with E-state index in [2.05, 4.69) is 5.32 Å². The molecule has 2 aliphatic rings. The molecule has 1 aliphatic heterocycles. The second kappa shape index (κ2) is 12.4. The Balaban J connectivity index is 0.00000109. The zero-order valence-electron chi connectivity index (χ0n) is 17.7. The van der Waals surface area contributed by atoms with Gasteiger partial charge in [0, 0.05) is 24.4 Å². The molecular weight excluding hydrogens is 500 g/mol. The van der Waals surface area contributed by atoms with Crippen molar-refractivity contribution < 1.29 is 51.6 Å². The van der Waals surface area contributed by atoms with Gasteiger partial charge in [-0.25, -0.2) is 4.79 Å². The molecule has 0 aromatic heterocycles. The Hall–Kier alpha value is -4.30. The Bertz CT molecular complexity index is 1180. The number of ether oxygens (including phenoxy) is 1. The van der Waals surface area contributed by atoms with Crippen LogP contribution in [0.2, 0.25) is 0 Å². The Morgan fingerprint density at radius 1 is 1.08 bits per heavy atom. The van der Waals surface area contributed by atoms with Crippen molar-refractivity contribution in [2.75, 3.05) is 11.9 Å². The first kappa shape index (κ1) is 27.9. The summed E-state index contributed by atoms with van der Waals surface area (Å²) in [5.41, 5.74) is 3.46. The van der Waals surface area contributed by atoms with E-state index in [0.29, 0.717) is 22.7 Å². The molecule has 2 atom stereocenters. The van der Waals surface area contributed by atoms with E-state index in [1.807, 2.05) is 0 Å². The van der Waals surface area contributed by atoms with Crippen molar-refractivity contribution in [2.45, 2.75) is 26.2 Å². The second-order valence-electron chi connectivity index (χ2n) is 7.01. The van der Waals surface area contributed by atoms with Crippen molar-refractivity contribution in [3.8, 4) is 16.9 Å². The predicted octanol–water partition coefficient (Wildman–Crippen LogP) is 2.44. The zero-order valence-corrected chi connectivity index (χ0v) is 18.6. The van der Waals surface area contributed by atoms with Crippen LogP contribution in [-0.4, -0.2) is 56.4 Å². The van der Waals surface area contributed by atoms with Crippen LogP contribution in [0.25, 0.3) is 11.1 Å². The molecule has 0 bridgehead atoms. The lowest BCUT2D eigenvalue weighted by atomic mass is 9.97. The molecular formula is C22H22N2O11S. The van der Waals surface area contributed by atoms with E-state index >= 15 is 0 Å². The Labute approximate surface area is 207 Å². The summed E-state index contributed by atoms with van der Waals surface area (Å²) >= 11 is -2.53. The molecule has 2 aromatic carbocycles. The number of amides is 3. The lowest BCUT2D eigenvalue weighted by Gasteiger charge is -2.17. The first-order chi connectivity index (χ1) is 16.8. The van der Waals surface area contributed by atoms with Gasteiger partial charge in [0.1, 0.15) is 12.4 Å². The van der Waals surface area contributed by atoms with Crippen LogP contribution >= 0.6 is 0 Å². The second-order valence-corrected chi connectivity index (χ2v) is 7.61. The molecule has 36 heavy (non-hydrogen) atoms. The number of nitrogens with zero attached hydrogens (tertiary/aromatic N) is 1. The molecule has 3 N–H and O–H groups in total. The van der Waals surface area contributed by atoms with Gasteiger partial charge >= 0.3 is 17.5 Å². The zero-order chi connectivity index (χ0) is 25.5. The van der Waals surface area contributed by atoms with Gasteiger partial charge in [-0.05, 0) is 46.5 Å². The first-order valence-electron chi connectivity index (χ1n) is 9.85. The standard InChI is InChI=1S/C20H16N2O9S.CH2O2.CH4/c23-10-21-11-1-3-13-14-4-2-12(31-32(27)28)8-16(14)17(15(13)7-11)9-29-20(26)30-22-18(24)5-6-19(22)25;2-1-3;/h1-4,7-8,10,17H,5-6,9H2,(H,21,23)(H,27,28);1H,(H,2,3);1H4. The number of anilines is 1. The van der Waals surface area contributed by atoms with Crippen molar-refractivity contribution in [3.05, 3.63) is 47.5 Å². The van der Waals surface area contributed by atoms with Gasteiger partial charge in [0.25, 0.3) is 18.3 Å². The lowest BCUT2D eigenvalue weighted by Crippen LogP contribution is -2.32. The number of fused-ring (bicyclic) bond motifs is 3. The number of hydrogen-bond acceptors (Lipinski definition) is 9. The number of carbonyl (C=O) groups is 5. The van der Waals surface area contributed by atoms with E-state index in [0.717, 1.165) is 16.7 Å². The number of imide groups is 1. The molecule has 2 aromatic rings. The monoisotopic (exact) mass is 522 g/mol. The quantitative estimate of drug-likeness (QED) is 0.210. The fraction of sp³-hybridized carbons (Fsp3) is 0.227. The van der Waals surface area contributed by atoms with E-state index in [1.54, 1.807) is 30.3 Å². The molecule has 192 valence electrons. The van der Waals surface area contributed by atoms with Crippen molar-refractivity contribution in [1.29, 1.82) is 0 Å². The molecule has 1 heterocycles. The molecule has 14 heteroatoms. The number of carbonyl (C=O) groups excluding carboxylic acids is 4. The molecule has 1 fully saturated rings. The summed E-state index contributed by atoms with van der Waals surface area (Å²) in [6.07, 6.45) is -0.789. The lowest BCUT2D eigenvalue weighted by molar-refractivity contribution is -0.177. The minimum absolute atomic E-state index is 0. The van der Waals surface area contributed by atoms with Crippen LogP contribution in [0.3, 0.4) is 0 Å². The average Bonchev–Trinajstić information content (AvgIpc) is 3.28. The molecule has 1 saturated heterocycles. The van der Waals surface area contributed by atoms with Gasteiger partial charge in [-0.2, -0.15) is 4.21 Å². The van der Waals surface area contributed by atoms with Gasteiger partial charge in [-0.3, -0.25) is 28.6 Å². The van der Waals surface area contributed by atoms with E-state index in [-0.39, 0.29) is 39.1 Å². The van der Waals surface area contributed by atoms with Crippen LogP contribution in [0, 0.1) is 0 Å². The van der Waals surface area contributed by atoms with Gasteiger partial charge in [0.05, 0.1) is 0 Å². The maximum absolute atomic E-state index is 12.1. The SMILES string of the molecule is C.O=CNc1ccc2c(c1)C(COC(=O)ON1C(=O)CCC1=O)c1cc(OS(=O)O)ccc1-2.O=CO. The topological polar surface area (TPSA) is 186 Å². The summed E-state index contributed by atoms with van der Waals surface area (Å²) in [6, 6.07) is 9.96. The first-order valence-corrected chi connectivity index (χ1v) is 10.9. The number of nitrogens with one attached hydrogen (secondary N) is 1. The van der Waals surface area contributed by atoms with Crippen molar-refractivity contribution in [3.63, 3.8) is 0 Å². The highest BCUT2D eigenvalue weighted by Crippen LogP contribution is 2.47. The largest absolute Gasteiger partial charge is 0.533 e. The minimum Gasteiger partial charge on any atom is -0.483 e. The Morgan fingerprint density at radius 2 is 1.67 bits per heavy atom. The third kappa shape index (κ3) is 6.22. The van der Waals surface area contributed by atoms with Gasteiger partial charge in [0.15, 0.2) is 0 Å². The summed E-state index contributed by atoms with van der Waals surface area (Å²) in [4.78, 5) is 59.2. The third-order valence-corrected chi connectivity index (χ3v) is 5.38. The fourth-order valence-corrected chi connectivity index (χ4v) is 3.99. The highest BCUT2D eigenvalue weighted by molar-refractivity contribution is 7.74. The van der Waals surface area contributed by atoms with Crippen molar-refractivity contribution in [2.24, 2.45) is 0 Å². The summed E-state index contributed by atoms with van der Waals surface area (Å²) in [7, 11) is 0. The number of hydrogen-bond donors (Lipinski definition) is 3. The van der Waals surface area contributed by atoms with Gasteiger partial charge in [-0.15, -0.1) is 0 Å². The number of carboxylic acid groups (broad SMARTS) is 1. The fourth-order valence-electron chi connectivity index (χ4n) is 3.72. The number of rotatable bonds is 7. The molecule has 1 aliphatic carbocycles. The van der Waals surface area contributed by atoms with Crippen molar-refractivity contribution in [1.82, 2.24) is 5.06 Å². The number of hydroxylamine groups is 2. The van der Waals surface area contributed by atoms with E-state index in [4.69, 9.17) is 28.2 Å². The summed E-state index contributed by atoms with van der Waals surface area (Å²) in [6.45, 7) is -0.481. The van der Waals surface area contributed by atoms with E-state index in [9.17, 15) is 23.4 Å². The van der Waals surface area contributed by atoms with E-state index < -0.39 is 35.2 Å². The molecule has 0 saturated carbocycles. The molecule has 2 unspecified atom stereocenters. The van der Waals surface area contributed by atoms with Gasteiger partial charge in [0.2, 0.25) is 6.41 Å². The summed E-state index contributed by atoms with van der Waals surface area (Å²) in [5, 5.41) is 9.82. The normalized spacial score (nSPS) is 15.8. The molecule has 4 rings (SSSR count). The van der Waals surface area contributed by atoms with Crippen LogP contribution in [0.5, 0.6) is 5.75 Å². The van der Waals surface area contributed by atoms with Crippen LogP contribution in [0.4, 0.5) is 10.5 Å². The van der Waals surface area contributed by atoms with Crippen LogP contribution in [-0.2, 0) is 40.1 Å². The van der Waals surface area contributed by atoms with Crippen LogP contribution in [0.1, 0.15) is 37.3 Å². The number of benzene rings is 2. The van der Waals surface area contributed by atoms with E-state index in [1.165, 1.54) is 6.07 Å². The smallest absolute Gasteiger partial charge is 0.483 e. The predicted molar refractivity (Wildman–Crippen MR) is 124 cm³/mol. The molecule has 0 radical (unpaired) electrons. The maximum atomic E-state index is 12.1. The van der Waals surface area contributed by atoms with Gasteiger partial charge < -0.3 is 19.3 Å². The maximum Gasteiger partial charge on any atom is 0.533 e. The summed E-state index contributed by atoms with van der Waals surface area (Å²) in [5.74, 6) is -1.68. The minimum atomic E-state index is -2.53. The van der Waals surface area contributed by atoms with Crippen LogP contribution in [0.15, 0.2) is 36.4 Å². The van der Waals surface area contributed by atoms with Crippen molar-refractivity contribution >= 4 is 47.9 Å². The summed E-state index contributed by atoms with van der Waals surface area (Å²) < 4.78 is 30.0. The van der Waals surface area contributed by atoms with Crippen LogP contribution < -0.4 is 9.50 Å². The third-order valence-electron chi connectivity index (χ3n) is 5.05. The van der Waals surface area contributed by atoms with Gasteiger partial charge in [-0.1, -0.05) is 24.6 Å². The highest BCUT2D eigenvalue weighted by Gasteiger charge is 2.35.